The molecule has 0 radical (unpaired) electrons. The smallest absolute Gasteiger partial charge is 0.371 e. The highest BCUT2D eigenvalue weighted by molar-refractivity contribution is 14.0. The van der Waals surface area contributed by atoms with Crippen LogP contribution in [-0.2, 0) is 12.6 Å². The summed E-state index contributed by atoms with van der Waals surface area (Å²) in [5.74, 6) is 1.18. The van der Waals surface area contributed by atoms with Gasteiger partial charge in [-0.25, -0.2) is 4.98 Å². The molecule has 1 aromatic carbocycles. The van der Waals surface area contributed by atoms with E-state index in [2.05, 4.69) is 37.6 Å². The Bertz CT molecular complexity index is 797. The van der Waals surface area contributed by atoms with Gasteiger partial charge in [-0.05, 0) is 31.4 Å². The van der Waals surface area contributed by atoms with Crippen LogP contribution in [0.4, 0.5) is 18.9 Å². The van der Waals surface area contributed by atoms with Crippen molar-refractivity contribution in [3.8, 4) is 0 Å². The Morgan fingerprint density at radius 2 is 2.03 bits per heavy atom. The Kier molecular flexibility index (Phi) is 9.66. The topological polar surface area (TPSA) is 52.6 Å². The number of nitrogens with zero attached hydrogens (tertiary/aromatic N) is 3. The van der Waals surface area contributed by atoms with Crippen molar-refractivity contribution in [1.82, 2.24) is 15.6 Å². The second kappa shape index (κ2) is 11.7. The molecule has 1 fully saturated rings. The highest BCUT2D eigenvalue weighted by Gasteiger charge is 2.33. The molecule has 5 nitrogen and oxygen atoms in total. The predicted molar refractivity (Wildman–Crippen MR) is 127 cm³/mol. The molecule has 10 heteroatoms. The van der Waals surface area contributed by atoms with Gasteiger partial charge in [-0.2, -0.15) is 13.2 Å². The van der Waals surface area contributed by atoms with Gasteiger partial charge < -0.3 is 15.5 Å². The molecular formula is C20H27F3IN5S. The molecule has 0 bridgehead atoms. The third-order valence-corrected chi connectivity index (χ3v) is 5.64. The number of aliphatic imine (C=N–C) groups is 1. The molecule has 2 aromatic rings. The maximum atomic E-state index is 12.6. The van der Waals surface area contributed by atoms with E-state index < -0.39 is 11.9 Å². The van der Waals surface area contributed by atoms with E-state index in [0.717, 1.165) is 42.8 Å². The van der Waals surface area contributed by atoms with Gasteiger partial charge in [-0.15, -0.1) is 35.3 Å². The van der Waals surface area contributed by atoms with Gasteiger partial charge in [-0.1, -0.05) is 18.2 Å². The first kappa shape index (κ1) is 24.7. The summed E-state index contributed by atoms with van der Waals surface area (Å²) in [5.41, 5.74) is 0.424. The summed E-state index contributed by atoms with van der Waals surface area (Å²) in [6, 6.07) is 10.4. The van der Waals surface area contributed by atoms with E-state index in [1.165, 1.54) is 5.69 Å². The van der Waals surface area contributed by atoms with Gasteiger partial charge in [0.25, 0.3) is 0 Å². The molecule has 1 aliphatic heterocycles. The number of halogens is 4. The number of anilines is 1. The van der Waals surface area contributed by atoms with E-state index in [1.54, 1.807) is 0 Å². The van der Waals surface area contributed by atoms with Crippen molar-refractivity contribution < 1.29 is 13.2 Å². The molecule has 3 rings (SSSR count). The molecule has 0 saturated carbocycles. The lowest BCUT2D eigenvalue weighted by Crippen LogP contribution is -2.38. The number of hydrogen-bond donors (Lipinski definition) is 2. The van der Waals surface area contributed by atoms with Gasteiger partial charge in [0, 0.05) is 50.2 Å². The van der Waals surface area contributed by atoms with Crippen LogP contribution in [0.5, 0.6) is 0 Å². The first-order valence-electron chi connectivity index (χ1n) is 9.79. The predicted octanol–water partition coefficient (Wildman–Crippen LogP) is 4.40. The number of alkyl halides is 3. The molecule has 166 valence electrons. The van der Waals surface area contributed by atoms with Crippen molar-refractivity contribution >= 4 is 47.0 Å². The van der Waals surface area contributed by atoms with Gasteiger partial charge in [0.2, 0.25) is 0 Å². The van der Waals surface area contributed by atoms with Crippen LogP contribution in [0, 0.1) is 5.92 Å². The normalized spacial score (nSPS) is 17.0. The fraction of sp³-hybridized carbons (Fsp3) is 0.500. The van der Waals surface area contributed by atoms with Crippen molar-refractivity contribution in [2.24, 2.45) is 10.9 Å². The Balaban J connectivity index is 0.00000320. The first-order chi connectivity index (χ1) is 14.0. The fourth-order valence-electron chi connectivity index (χ4n) is 3.26. The van der Waals surface area contributed by atoms with Crippen LogP contribution < -0.4 is 15.5 Å². The summed E-state index contributed by atoms with van der Waals surface area (Å²) in [7, 11) is 0. The highest BCUT2D eigenvalue weighted by atomic mass is 127. The number of hydrogen-bond acceptors (Lipinski definition) is 4. The quantitative estimate of drug-likeness (QED) is 0.303. The zero-order valence-electron chi connectivity index (χ0n) is 16.8. The van der Waals surface area contributed by atoms with Crippen molar-refractivity contribution in [2.75, 3.05) is 37.6 Å². The van der Waals surface area contributed by atoms with Crippen molar-refractivity contribution in [3.63, 3.8) is 0 Å². The Labute approximate surface area is 196 Å². The molecular weight excluding hydrogens is 526 g/mol. The number of guanidine groups is 1. The maximum Gasteiger partial charge on any atom is 0.434 e. The summed E-state index contributed by atoms with van der Waals surface area (Å²) in [6.07, 6.45) is -2.86. The Morgan fingerprint density at radius 3 is 2.70 bits per heavy atom. The lowest BCUT2D eigenvalue weighted by molar-refractivity contribution is -0.140. The van der Waals surface area contributed by atoms with Crippen molar-refractivity contribution in [1.29, 1.82) is 0 Å². The van der Waals surface area contributed by atoms with Crippen LogP contribution >= 0.6 is 35.3 Å². The minimum Gasteiger partial charge on any atom is -0.371 e. The number of thiazole rings is 1. The highest BCUT2D eigenvalue weighted by Crippen LogP contribution is 2.30. The average Bonchev–Trinajstić information content (AvgIpc) is 3.36. The van der Waals surface area contributed by atoms with Crippen LogP contribution in [0.2, 0.25) is 0 Å². The summed E-state index contributed by atoms with van der Waals surface area (Å²) < 4.78 is 37.9. The number of para-hydroxylation sites is 1. The van der Waals surface area contributed by atoms with E-state index in [-0.39, 0.29) is 24.0 Å². The molecule has 0 amide bonds. The minimum atomic E-state index is -4.38. The van der Waals surface area contributed by atoms with Crippen LogP contribution in [0.25, 0.3) is 0 Å². The van der Waals surface area contributed by atoms with E-state index in [0.29, 0.717) is 36.4 Å². The Hall–Kier alpha value is -1.56. The summed E-state index contributed by atoms with van der Waals surface area (Å²) in [4.78, 5) is 10.7. The Morgan fingerprint density at radius 1 is 1.27 bits per heavy atom. The van der Waals surface area contributed by atoms with E-state index in [9.17, 15) is 13.2 Å². The first-order valence-corrected chi connectivity index (χ1v) is 10.7. The number of rotatable bonds is 7. The molecule has 2 heterocycles. The van der Waals surface area contributed by atoms with Crippen molar-refractivity contribution in [2.45, 2.75) is 25.9 Å². The van der Waals surface area contributed by atoms with Gasteiger partial charge in [0.05, 0.1) is 5.01 Å². The molecule has 1 aromatic heterocycles. The summed E-state index contributed by atoms with van der Waals surface area (Å²) in [6.45, 7) is 5.92. The molecule has 2 N–H and O–H groups in total. The molecule has 0 aliphatic carbocycles. The van der Waals surface area contributed by atoms with E-state index in [1.807, 2.05) is 25.1 Å². The molecule has 1 saturated heterocycles. The number of aromatic nitrogens is 1. The maximum absolute atomic E-state index is 12.6. The second-order valence-corrected chi connectivity index (χ2v) is 7.90. The molecule has 1 atom stereocenters. The third kappa shape index (κ3) is 7.29. The number of benzene rings is 1. The minimum absolute atomic E-state index is 0. The van der Waals surface area contributed by atoms with Crippen LogP contribution in [0.1, 0.15) is 24.0 Å². The molecule has 0 spiro atoms. The zero-order chi connectivity index (χ0) is 20.7. The monoisotopic (exact) mass is 553 g/mol. The number of nitrogens with one attached hydrogen (secondary N) is 2. The van der Waals surface area contributed by atoms with Crippen LogP contribution in [0.3, 0.4) is 0 Å². The van der Waals surface area contributed by atoms with Gasteiger partial charge >= 0.3 is 6.18 Å². The molecule has 1 unspecified atom stereocenters. The van der Waals surface area contributed by atoms with E-state index in [4.69, 9.17) is 0 Å². The van der Waals surface area contributed by atoms with Crippen LogP contribution in [0.15, 0.2) is 40.7 Å². The standard InChI is InChI=1S/C20H26F3N5S.HI/c1-2-24-19(25-10-8-18-27-17(14-29-18)20(21,22)23)26-12-15-9-11-28(13-15)16-6-4-3-5-7-16;/h3-7,14-15H,2,8-13H2,1H3,(H2,24,25,26);1H. The molecule has 1 aliphatic rings. The fourth-order valence-corrected chi connectivity index (χ4v) is 4.07. The largest absolute Gasteiger partial charge is 0.434 e. The van der Waals surface area contributed by atoms with Crippen LogP contribution in [-0.4, -0.2) is 43.7 Å². The summed E-state index contributed by atoms with van der Waals surface area (Å²) >= 11 is 1.04. The van der Waals surface area contributed by atoms with Gasteiger partial charge in [0.15, 0.2) is 11.7 Å². The zero-order valence-corrected chi connectivity index (χ0v) is 19.9. The van der Waals surface area contributed by atoms with Gasteiger partial charge in [0.1, 0.15) is 0 Å². The molecule has 30 heavy (non-hydrogen) atoms. The van der Waals surface area contributed by atoms with E-state index >= 15 is 0 Å². The van der Waals surface area contributed by atoms with Crippen molar-refractivity contribution in [3.05, 3.63) is 46.4 Å². The lowest BCUT2D eigenvalue weighted by atomic mass is 10.1. The summed E-state index contributed by atoms with van der Waals surface area (Å²) in [5, 5.41) is 7.92. The van der Waals surface area contributed by atoms with Gasteiger partial charge in [-0.3, -0.25) is 4.99 Å². The SMILES string of the molecule is CCNC(=NCC1CCN(c2ccccc2)C1)NCCc1nc(C(F)(F)F)cs1.I. The lowest BCUT2D eigenvalue weighted by Gasteiger charge is -2.18. The average molecular weight is 553 g/mol. The third-order valence-electron chi connectivity index (χ3n) is 4.73. The second-order valence-electron chi connectivity index (χ2n) is 6.96.